The number of rotatable bonds is 3. The van der Waals surface area contributed by atoms with Gasteiger partial charge in [-0.15, -0.1) is 0 Å². The second kappa shape index (κ2) is 5.02. The maximum Gasteiger partial charge on any atom is 0.261 e. The van der Waals surface area contributed by atoms with E-state index in [1.165, 1.54) is 24.3 Å². The maximum atomic E-state index is 12.1. The van der Waals surface area contributed by atoms with Gasteiger partial charge in [0, 0.05) is 16.2 Å². The molecule has 0 saturated carbocycles. The van der Waals surface area contributed by atoms with E-state index >= 15 is 0 Å². The summed E-state index contributed by atoms with van der Waals surface area (Å²) in [5.41, 5.74) is 0.414. The molecule has 0 radical (unpaired) electrons. The van der Waals surface area contributed by atoms with E-state index in [0.29, 0.717) is 5.56 Å². The van der Waals surface area contributed by atoms with Gasteiger partial charge in [-0.1, -0.05) is 0 Å². The fourth-order valence-corrected chi connectivity index (χ4v) is 3.58. The molecule has 3 atom stereocenters. The van der Waals surface area contributed by atoms with Crippen molar-refractivity contribution in [3.8, 4) is 0 Å². The number of carbonyl (C=O) groups is 1. The molecular formula is C13H14ClNO4S. The van der Waals surface area contributed by atoms with Crippen LogP contribution in [0.3, 0.4) is 0 Å². The molecule has 1 aromatic rings. The number of nitrogens with one attached hydrogen (secondary N) is 1. The maximum absolute atomic E-state index is 12.1. The van der Waals surface area contributed by atoms with Crippen LogP contribution in [-0.4, -0.2) is 32.6 Å². The molecule has 20 heavy (non-hydrogen) atoms. The third-order valence-corrected chi connectivity index (χ3v) is 5.19. The van der Waals surface area contributed by atoms with Gasteiger partial charge in [-0.3, -0.25) is 4.79 Å². The van der Waals surface area contributed by atoms with Crippen LogP contribution < -0.4 is 5.32 Å². The summed E-state index contributed by atoms with van der Waals surface area (Å²) < 4.78 is 27.9. The lowest BCUT2D eigenvalue weighted by Crippen LogP contribution is -2.41. The Hall–Kier alpha value is -1.11. The zero-order chi connectivity index (χ0) is 14.3. The first kappa shape index (κ1) is 13.9. The predicted octanol–water partition coefficient (Wildman–Crippen LogP) is 1.66. The SMILES string of the molecule is O=C(NC1CC2CCC1O2)c1ccc(S(=O)(=O)Cl)cc1. The highest BCUT2D eigenvalue weighted by Crippen LogP contribution is 2.34. The third-order valence-electron chi connectivity index (χ3n) is 3.82. The minimum atomic E-state index is -3.75. The van der Waals surface area contributed by atoms with Gasteiger partial charge < -0.3 is 10.1 Å². The van der Waals surface area contributed by atoms with E-state index in [9.17, 15) is 13.2 Å². The highest BCUT2D eigenvalue weighted by atomic mass is 35.7. The quantitative estimate of drug-likeness (QED) is 0.861. The van der Waals surface area contributed by atoms with Crippen LogP contribution in [0.4, 0.5) is 0 Å². The molecule has 1 N–H and O–H groups in total. The molecule has 108 valence electrons. The molecule has 0 aromatic heterocycles. The van der Waals surface area contributed by atoms with Gasteiger partial charge in [-0.25, -0.2) is 8.42 Å². The number of halogens is 1. The number of ether oxygens (including phenoxy) is 1. The van der Waals surface area contributed by atoms with Crippen molar-refractivity contribution in [2.45, 2.75) is 42.4 Å². The molecular weight excluding hydrogens is 302 g/mol. The number of fused-ring (bicyclic) bond motifs is 2. The predicted molar refractivity (Wildman–Crippen MR) is 73.2 cm³/mol. The third kappa shape index (κ3) is 2.68. The van der Waals surface area contributed by atoms with Crippen LogP contribution in [0.25, 0.3) is 0 Å². The second-order valence-electron chi connectivity index (χ2n) is 5.15. The van der Waals surface area contributed by atoms with Gasteiger partial charge in [0.2, 0.25) is 0 Å². The van der Waals surface area contributed by atoms with Gasteiger partial charge in [0.25, 0.3) is 15.0 Å². The Morgan fingerprint density at radius 2 is 1.95 bits per heavy atom. The molecule has 2 bridgehead atoms. The van der Waals surface area contributed by atoms with Crippen molar-refractivity contribution in [1.82, 2.24) is 5.32 Å². The zero-order valence-electron chi connectivity index (χ0n) is 10.6. The molecule has 2 heterocycles. The smallest absolute Gasteiger partial charge is 0.261 e. The summed E-state index contributed by atoms with van der Waals surface area (Å²) in [7, 11) is 1.47. The lowest BCUT2D eigenvalue weighted by Gasteiger charge is -2.20. The number of hydrogen-bond acceptors (Lipinski definition) is 4. The standard InChI is InChI=1S/C13H14ClNO4S/c14-20(17,18)10-4-1-8(2-5-10)13(16)15-11-7-9-3-6-12(11)19-9/h1-2,4-5,9,11-12H,3,6-7H2,(H,15,16). The van der Waals surface area contributed by atoms with E-state index in [1.807, 2.05) is 0 Å². The molecule has 2 fully saturated rings. The number of hydrogen-bond donors (Lipinski definition) is 1. The molecule has 0 spiro atoms. The molecule has 1 amide bonds. The lowest BCUT2D eigenvalue weighted by atomic mass is 9.95. The van der Waals surface area contributed by atoms with Crippen molar-refractivity contribution in [2.24, 2.45) is 0 Å². The highest BCUT2D eigenvalue weighted by molar-refractivity contribution is 8.13. The van der Waals surface area contributed by atoms with Crippen LogP contribution in [0.5, 0.6) is 0 Å². The van der Waals surface area contributed by atoms with Crippen LogP contribution in [0.2, 0.25) is 0 Å². The summed E-state index contributed by atoms with van der Waals surface area (Å²) in [4.78, 5) is 12.1. The first-order chi connectivity index (χ1) is 9.43. The molecule has 3 rings (SSSR count). The molecule has 2 aliphatic heterocycles. The largest absolute Gasteiger partial charge is 0.373 e. The average Bonchev–Trinajstić information content (AvgIpc) is 3.00. The minimum absolute atomic E-state index is 0.0148. The zero-order valence-corrected chi connectivity index (χ0v) is 12.2. The molecule has 0 aliphatic carbocycles. The van der Waals surface area contributed by atoms with Crippen molar-refractivity contribution >= 4 is 25.6 Å². The first-order valence-corrected chi connectivity index (χ1v) is 8.75. The number of amides is 1. The van der Waals surface area contributed by atoms with E-state index < -0.39 is 9.05 Å². The molecule has 3 unspecified atom stereocenters. The van der Waals surface area contributed by atoms with E-state index in [4.69, 9.17) is 15.4 Å². The summed E-state index contributed by atoms with van der Waals surface area (Å²) >= 11 is 0. The van der Waals surface area contributed by atoms with Crippen LogP contribution in [0.15, 0.2) is 29.2 Å². The fraction of sp³-hybridized carbons (Fsp3) is 0.462. The van der Waals surface area contributed by atoms with E-state index in [1.54, 1.807) is 0 Å². The second-order valence-corrected chi connectivity index (χ2v) is 7.72. The van der Waals surface area contributed by atoms with Gasteiger partial charge in [-0.2, -0.15) is 0 Å². The summed E-state index contributed by atoms with van der Waals surface area (Å²) in [5, 5.41) is 2.94. The Balaban J connectivity index is 1.68. The van der Waals surface area contributed by atoms with Crippen molar-refractivity contribution < 1.29 is 17.9 Å². The Labute approximate surface area is 121 Å². The van der Waals surface area contributed by atoms with Crippen LogP contribution in [-0.2, 0) is 13.8 Å². The summed E-state index contributed by atoms with van der Waals surface area (Å²) in [5.74, 6) is -0.218. The lowest BCUT2D eigenvalue weighted by molar-refractivity contribution is 0.0841. The van der Waals surface area contributed by atoms with Gasteiger partial charge in [0.1, 0.15) is 0 Å². The molecule has 2 aliphatic rings. The van der Waals surface area contributed by atoms with Crippen LogP contribution in [0.1, 0.15) is 29.6 Å². The van der Waals surface area contributed by atoms with Crippen LogP contribution >= 0.6 is 10.7 Å². The fourth-order valence-electron chi connectivity index (χ4n) is 2.81. The van der Waals surface area contributed by atoms with Gasteiger partial charge >= 0.3 is 0 Å². The summed E-state index contributed by atoms with van der Waals surface area (Å²) in [6, 6.07) is 5.62. The monoisotopic (exact) mass is 315 g/mol. The van der Waals surface area contributed by atoms with Crippen molar-refractivity contribution in [1.29, 1.82) is 0 Å². The Morgan fingerprint density at radius 3 is 2.45 bits per heavy atom. The van der Waals surface area contributed by atoms with E-state index in [0.717, 1.165) is 19.3 Å². The number of carbonyl (C=O) groups excluding carboxylic acids is 1. The molecule has 7 heteroatoms. The number of benzene rings is 1. The minimum Gasteiger partial charge on any atom is -0.373 e. The van der Waals surface area contributed by atoms with Gasteiger partial charge in [0.15, 0.2) is 0 Å². The van der Waals surface area contributed by atoms with E-state index in [-0.39, 0.29) is 29.1 Å². The normalized spacial score (nSPS) is 28.6. The summed E-state index contributed by atoms with van der Waals surface area (Å²) in [6.07, 6.45) is 3.30. The highest BCUT2D eigenvalue weighted by Gasteiger charge is 2.41. The summed E-state index contributed by atoms with van der Waals surface area (Å²) in [6.45, 7) is 0. The molecule has 1 aromatic carbocycles. The Morgan fingerprint density at radius 1 is 1.25 bits per heavy atom. The van der Waals surface area contributed by atoms with Gasteiger partial charge in [-0.05, 0) is 43.5 Å². The molecule has 2 saturated heterocycles. The Kier molecular flexibility index (Phi) is 3.48. The van der Waals surface area contributed by atoms with Crippen LogP contribution in [0, 0.1) is 0 Å². The Bertz CT molecular complexity index is 628. The van der Waals surface area contributed by atoms with E-state index in [2.05, 4.69) is 5.32 Å². The average molecular weight is 316 g/mol. The van der Waals surface area contributed by atoms with Crippen molar-refractivity contribution in [2.75, 3.05) is 0 Å². The van der Waals surface area contributed by atoms with Crippen molar-refractivity contribution in [3.63, 3.8) is 0 Å². The topological polar surface area (TPSA) is 72.5 Å². The van der Waals surface area contributed by atoms with Crippen molar-refractivity contribution in [3.05, 3.63) is 29.8 Å². The first-order valence-electron chi connectivity index (χ1n) is 6.44. The van der Waals surface area contributed by atoms with Gasteiger partial charge in [0.05, 0.1) is 23.1 Å². The molecule has 5 nitrogen and oxygen atoms in total.